The molecule has 2 amide bonds. The summed E-state index contributed by atoms with van der Waals surface area (Å²) in [6.07, 6.45) is 0.349. The van der Waals surface area contributed by atoms with Gasteiger partial charge in [0.15, 0.2) is 11.6 Å². The average molecular weight is 727 g/mol. The second-order valence-electron chi connectivity index (χ2n) is 13.7. The van der Waals surface area contributed by atoms with Crippen LogP contribution in [0.4, 0.5) is 23.4 Å². The van der Waals surface area contributed by atoms with Crippen LogP contribution in [-0.4, -0.2) is 70.0 Å². The van der Waals surface area contributed by atoms with Crippen molar-refractivity contribution in [2.75, 3.05) is 24.2 Å². The van der Waals surface area contributed by atoms with E-state index in [4.69, 9.17) is 9.47 Å². The van der Waals surface area contributed by atoms with Gasteiger partial charge in [0.05, 0.1) is 46.8 Å². The van der Waals surface area contributed by atoms with E-state index in [1.165, 1.54) is 11.8 Å². The predicted octanol–water partition coefficient (Wildman–Crippen LogP) is 6.33. The Kier molecular flexibility index (Phi) is 8.19. The van der Waals surface area contributed by atoms with Crippen LogP contribution in [0.15, 0.2) is 11.4 Å². The van der Waals surface area contributed by atoms with Gasteiger partial charge in [-0.3, -0.25) is 10.3 Å². The largest absolute Gasteiger partial charge is 0.465 e. The van der Waals surface area contributed by atoms with Crippen molar-refractivity contribution in [3.05, 3.63) is 40.2 Å². The normalized spacial score (nSPS) is 20.3. The predicted molar refractivity (Wildman–Crippen MR) is 177 cm³/mol. The number of sulfone groups is 1. The molecule has 17 heteroatoms. The fraction of sp³-hybridized carbons (Fsp3) is 0.455. The number of hydrogen-bond acceptors (Lipinski definition) is 11. The van der Waals surface area contributed by atoms with Crippen LogP contribution in [0.5, 0.6) is 0 Å². The Morgan fingerprint density at radius 2 is 1.84 bits per heavy atom. The van der Waals surface area contributed by atoms with Crippen molar-refractivity contribution in [2.24, 2.45) is 11.8 Å². The number of fused-ring (bicyclic) bond motifs is 6. The molecule has 13 nitrogen and oxygen atoms in total. The quantitative estimate of drug-likeness (QED) is 0.219. The number of carbonyl (C=O) groups is 2. The topological polar surface area (TPSA) is 185 Å². The van der Waals surface area contributed by atoms with Crippen molar-refractivity contribution < 1.29 is 41.4 Å². The first kappa shape index (κ1) is 33.9. The van der Waals surface area contributed by atoms with E-state index in [0.717, 1.165) is 17.5 Å². The molecule has 2 bridgehead atoms. The monoisotopic (exact) mass is 726 g/mol. The number of carboxylic acid groups (broad SMARTS) is 1. The second kappa shape index (κ2) is 12.1. The maximum Gasteiger partial charge on any atom is 0.412 e. The van der Waals surface area contributed by atoms with E-state index < -0.39 is 44.4 Å². The number of hydrogen-bond donors (Lipinski definition) is 2. The highest BCUT2D eigenvalue weighted by atomic mass is 32.2. The van der Waals surface area contributed by atoms with E-state index in [1.807, 2.05) is 6.07 Å². The lowest BCUT2D eigenvalue weighted by Crippen LogP contribution is -2.43. The van der Waals surface area contributed by atoms with Crippen LogP contribution in [0.2, 0.25) is 0 Å². The van der Waals surface area contributed by atoms with Crippen LogP contribution in [0.3, 0.4) is 0 Å². The molecule has 0 radical (unpaired) electrons. The van der Waals surface area contributed by atoms with Gasteiger partial charge in [0.2, 0.25) is 15.0 Å². The number of nitriles is 1. The van der Waals surface area contributed by atoms with Crippen molar-refractivity contribution in [3.63, 3.8) is 0 Å². The van der Waals surface area contributed by atoms with Crippen LogP contribution in [-0.2, 0) is 32.5 Å². The minimum Gasteiger partial charge on any atom is -0.465 e. The fourth-order valence-electron chi connectivity index (χ4n) is 7.47. The number of amides is 2. The van der Waals surface area contributed by atoms with Gasteiger partial charge in [0.1, 0.15) is 22.2 Å². The molecular weight excluding hydrogens is 695 g/mol. The molecule has 2 aliphatic heterocycles. The molecule has 7 rings (SSSR count). The standard InChI is InChI=1S/C33H32F2N6O7S2/c1-5-50(45,46)30-38-26(20-14-6-7-15(20)11-41(10-14)32(43)44)22-18-13-47-12-17(18)21(24(35)27(22)39-30)25-23-16(8-36)29(40-31(42)48-33(2,3)4)49-28(23)19(34)9-37-25/h9,14-15,20H,5-7,10-13H2,1-4H3,(H,40,42)(H,43,44). The van der Waals surface area contributed by atoms with Crippen LogP contribution in [0.1, 0.15) is 68.8 Å². The highest BCUT2D eigenvalue weighted by Gasteiger charge is 2.47. The zero-order valence-corrected chi connectivity index (χ0v) is 29.1. The van der Waals surface area contributed by atoms with E-state index in [0.29, 0.717) is 35.0 Å². The van der Waals surface area contributed by atoms with E-state index >= 15 is 8.78 Å². The smallest absolute Gasteiger partial charge is 0.412 e. The van der Waals surface area contributed by atoms with Crippen molar-refractivity contribution in [1.29, 1.82) is 5.26 Å². The molecule has 3 aromatic heterocycles. The number of aromatic nitrogens is 3. The summed E-state index contributed by atoms with van der Waals surface area (Å²) in [4.78, 5) is 39.0. The molecule has 50 heavy (non-hydrogen) atoms. The fourth-order valence-corrected chi connectivity index (χ4v) is 9.24. The highest BCUT2D eigenvalue weighted by molar-refractivity contribution is 7.91. The Labute approximate surface area is 289 Å². The third kappa shape index (κ3) is 5.49. The summed E-state index contributed by atoms with van der Waals surface area (Å²) < 4.78 is 70.4. The number of piperidine rings is 1. The number of pyridine rings is 1. The molecule has 1 aliphatic carbocycles. The summed E-state index contributed by atoms with van der Waals surface area (Å²) in [6, 6.07) is 1.99. The van der Waals surface area contributed by atoms with E-state index in [2.05, 4.69) is 20.3 Å². The summed E-state index contributed by atoms with van der Waals surface area (Å²) in [5, 5.41) is 22.1. The summed E-state index contributed by atoms with van der Waals surface area (Å²) >= 11 is 0.767. The summed E-state index contributed by atoms with van der Waals surface area (Å²) in [6.45, 7) is 6.78. The van der Waals surface area contributed by atoms with Gasteiger partial charge in [-0.15, -0.1) is 11.3 Å². The van der Waals surface area contributed by atoms with Gasteiger partial charge in [-0.05, 0) is 56.6 Å². The van der Waals surface area contributed by atoms with Gasteiger partial charge in [-0.1, -0.05) is 6.92 Å². The molecule has 3 aliphatic rings. The maximum atomic E-state index is 17.3. The zero-order chi connectivity index (χ0) is 35.9. The molecule has 1 saturated carbocycles. The first-order valence-corrected chi connectivity index (χ1v) is 18.4. The maximum absolute atomic E-state index is 17.3. The van der Waals surface area contributed by atoms with E-state index in [1.54, 1.807) is 20.8 Å². The lowest BCUT2D eigenvalue weighted by atomic mass is 9.80. The summed E-state index contributed by atoms with van der Waals surface area (Å²) in [5.41, 5.74) is -0.362. The first-order chi connectivity index (χ1) is 23.6. The van der Waals surface area contributed by atoms with Crippen LogP contribution < -0.4 is 5.32 Å². The highest BCUT2D eigenvalue weighted by Crippen LogP contribution is 2.52. The Morgan fingerprint density at radius 3 is 2.46 bits per heavy atom. The van der Waals surface area contributed by atoms with Crippen molar-refractivity contribution in [3.8, 4) is 17.3 Å². The number of nitrogens with zero attached hydrogens (tertiary/aromatic N) is 5. The van der Waals surface area contributed by atoms with Crippen molar-refractivity contribution >= 4 is 59.4 Å². The lowest BCUT2D eigenvalue weighted by molar-refractivity contribution is 0.0636. The number of halogens is 2. The van der Waals surface area contributed by atoms with E-state index in [-0.39, 0.29) is 87.2 Å². The van der Waals surface area contributed by atoms with Gasteiger partial charge < -0.3 is 19.5 Å². The minimum absolute atomic E-state index is 0.00316. The Bertz CT molecular complexity index is 2270. The van der Waals surface area contributed by atoms with Gasteiger partial charge in [0.25, 0.3) is 0 Å². The number of thiophene rings is 1. The molecule has 4 aromatic rings. The number of carbonyl (C=O) groups excluding carboxylic acids is 1. The number of ether oxygens (including phenoxy) is 2. The molecule has 2 atom stereocenters. The average Bonchev–Trinajstić information content (AvgIpc) is 3.74. The number of anilines is 1. The number of benzene rings is 1. The Hall–Kier alpha value is -4.53. The third-order valence-corrected chi connectivity index (χ3v) is 12.1. The van der Waals surface area contributed by atoms with Crippen molar-refractivity contribution in [2.45, 2.75) is 70.4 Å². The van der Waals surface area contributed by atoms with Crippen LogP contribution in [0.25, 0.3) is 32.2 Å². The summed E-state index contributed by atoms with van der Waals surface area (Å²) in [5.74, 6) is -2.83. The zero-order valence-electron chi connectivity index (χ0n) is 27.5. The van der Waals surface area contributed by atoms with E-state index in [9.17, 15) is 28.4 Å². The minimum atomic E-state index is -4.05. The molecule has 262 valence electrons. The van der Waals surface area contributed by atoms with Crippen LogP contribution in [0, 0.1) is 34.8 Å². The molecule has 2 N–H and O–H groups in total. The Morgan fingerprint density at radius 1 is 1.16 bits per heavy atom. The molecule has 0 spiro atoms. The number of likely N-dealkylation sites (tertiary alicyclic amines) is 1. The second-order valence-corrected chi connectivity index (χ2v) is 16.9. The van der Waals surface area contributed by atoms with Crippen molar-refractivity contribution in [1.82, 2.24) is 19.9 Å². The molecule has 2 unspecified atom stereocenters. The molecule has 5 heterocycles. The lowest BCUT2D eigenvalue weighted by Gasteiger charge is -2.37. The van der Waals surface area contributed by atoms with Gasteiger partial charge in [0, 0.05) is 35.3 Å². The SMILES string of the molecule is CCS(=O)(=O)c1nc(C2C3CCC2CN(C(=O)O)C3)c2c3c(c(-c4ncc(F)c5sc(NC(=O)OC(C)(C)C)c(C#N)c45)c(F)c2n1)COC3. The van der Waals surface area contributed by atoms with Crippen LogP contribution >= 0.6 is 11.3 Å². The Balaban J connectivity index is 1.49. The number of rotatable bonds is 5. The molecule has 2 fully saturated rings. The third-order valence-electron chi connectivity index (χ3n) is 9.51. The van der Waals surface area contributed by atoms with Gasteiger partial charge in [-0.2, -0.15) is 5.26 Å². The van der Waals surface area contributed by atoms with Gasteiger partial charge >= 0.3 is 12.2 Å². The number of nitrogens with one attached hydrogen (secondary N) is 1. The summed E-state index contributed by atoms with van der Waals surface area (Å²) in [7, 11) is -4.05. The first-order valence-electron chi connectivity index (χ1n) is 16.0. The molecule has 1 saturated heterocycles. The van der Waals surface area contributed by atoms with Gasteiger partial charge in [-0.25, -0.2) is 36.8 Å². The molecule has 1 aromatic carbocycles. The molecular formula is C33H32F2N6O7S2.